The third kappa shape index (κ3) is 17.3. The average Bonchev–Trinajstić information content (AvgIpc) is 2.45. The molecule has 1 amide bonds. The lowest BCUT2D eigenvalue weighted by Gasteiger charge is -2.08. The number of rotatable bonds is 15. The van der Waals surface area contributed by atoms with Crippen molar-refractivity contribution in [2.45, 2.75) is 46.5 Å². The van der Waals surface area contributed by atoms with E-state index in [1.807, 2.05) is 0 Å². The van der Waals surface area contributed by atoms with Gasteiger partial charge in [0.05, 0.1) is 26.4 Å². The predicted molar refractivity (Wildman–Crippen MR) is 84.4 cm³/mol. The SMILES string of the molecule is CCCCOCCOCCOCC(=O)NCCCC(C)C. The summed E-state index contributed by atoms with van der Waals surface area (Å²) >= 11 is 0. The molecule has 0 aliphatic rings. The van der Waals surface area contributed by atoms with Crippen molar-refractivity contribution in [3.63, 3.8) is 0 Å². The van der Waals surface area contributed by atoms with Crippen LogP contribution in [-0.4, -0.2) is 52.1 Å². The zero-order chi connectivity index (χ0) is 15.8. The second-order valence-corrected chi connectivity index (χ2v) is 5.52. The Hall–Kier alpha value is -0.650. The number of amides is 1. The van der Waals surface area contributed by atoms with E-state index in [9.17, 15) is 4.79 Å². The first kappa shape index (κ1) is 20.3. The monoisotopic (exact) mass is 303 g/mol. The number of ether oxygens (including phenoxy) is 3. The van der Waals surface area contributed by atoms with Crippen molar-refractivity contribution in [1.29, 1.82) is 0 Å². The first-order chi connectivity index (χ1) is 10.2. The van der Waals surface area contributed by atoms with Gasteiger partial charge in [-0.25, -0.2) is 0 Å². The summed E-state index contributed by atoms with van der Waals surface area (Å²) in [5.74, 6) is 0.628. The van der Waals surface area contributed by atoms with Gasteiger partial charge in [-0.15, -0.1) is 0 Å². The molecule has 0 atom stereocenters. The molecular weight excluding hydrogens is 270 g/mol. The molecule has 0 radical (unpaired) electrons. The second-order valence-electron chi connectivity index (χ2n) is 5.52. The highest BCUT2D eigenvalue weighted by Crippen LogP contribution is 2.01. The lowest BCUT2D eigenvalue weighted by atomic mass is 10.1. The third-order valence-corrected chi connectivity index (χ3v) is 2.90. The van der Waals surface area contributed by atoms with Crippen LogP contribution in [0.5, 0.6) is 0 Å². The summed E-state index contributed by atoms with van der Waals surface area (Å²) < 4.78 is 15.9. The van der Waals surface area contributed by atoms with Crippen LogP contribution in [0.3, 0.4) is 0 Å². The molecule has 0 saturated carbocycles. The van der Waals surface area contributed by atoms with Gasteiger partial charge >= 0.3 is 0 Å². The first-order valence-electron chi connectivity index (χ1n) is 8.16. The summed E-state index contributed by atoms with van der Waals surface area (Å²) in [5.41, 5.74) is 0. The Morgan fingerprint density at radius 2 is 1.57 bits per heavy atom. The van der Waals surface area contributed by atoms with Crippen molar-refractivity contribution in [2.75, 3.05) is 46.2 Å². The standard InChI is InChI=1S/C16H33NO4/c1-4-5-9-19-10-11-20-12-13-21-14-16(18)17-8-6-7-15(2)3/h15H,4-14H2,1-3H3,(H,17,18). The number of carbonyl (C=O) groups is 1. The molecule has 126 valence electrons. The van der Waals surface area contributed by atoms with E-state index in [4.69, 9.17) is 14.2 Å². The van der Waals surface area contributed by atoms with Crippen LogP contribution in [0.15, 0.2) is 0 Å². The van der Waals surface area contributed by atoms with Gasteiger partial charge in [0.15, 0.2) is 0 Å². The van der Waals surface area contributed by atoms with E-state index < -0.39 is 0 Å². The summed E-state index contributed by atoms with van der Waals surface area (Å²) in [5, 5.41) is 2.84. The van der Waals surface area contributed by atoms with Crippen molar-refractivity contribution in [3.8, 4) is 0 Å². The molecule has 5 heteroatoms. The van der Waals surface area contributed by atoms with Crippen molar-refractivity contribution in [1.82, 2.24) is 5.32 Å². The molecule has 0 aromatic carbocycles. The molecule has 0 bridgehead atoms. The average molecular weight is 303 g/mol. The lowest BCUT2D eigenvalue weighted by molar-refractivity contribution is -0.126. The van der Waals surface area contributed by atoms with Crippen molar-refractivity contribution >= 4 is 5.91 Å². The molecule has 0 unspecified atom stereocenters. The smallest absolute Gasteiger partial charge is 0.245 e. The summed E-state index contributed by atoms with van der Waals surface area (Å²) in [7, 11) is 0. The first-order valence-corrected chi connectivity index (χ1v) is 8.16. The van der Waals surface area contributed by atoms with Gasteiger partial charge in [-0.05, 0) is 25.2 Å². The predicted octanol–water partition coefficient (Wildman–Crippen LogP) is 2.39. The van der Waals surface area contributed by atoms with Gasteiger partial charge in [-0.2, -0.15) is 0 Å². The van der Waals surface area contributed by atoms with E-state index in [1.165, 1.54) is 0 Å². The van der Waals surface area contributed by atoms with E-state index in [1.54, 1.807) is 0 Å². The Morgan fingerprint density at radius 3 is 2.19 bits per heavy atom. The maximum absolute atomic E-state index is 11.4. The van der Waals surface area contributed by atoms with Crippen LogP contribution in [0, 0.1) is 5.92 Å². The van der Waals surface area contributed by atoms with Crippen LogP contribution >= 0.6 is 0 Å². The number of nitrogens with one attached hydrogen (secondary N) is 1. The molecule has 1 N–H and O–H groups in total. The fourth-order valence-corrected chi connectivity index (χ4v) is 1.64. The molecule has 0 aromatic rings. The van der Waals surface area contributed by atoms with E-state index in [0.29, 0.717) is 32.3 Å². The number of carbonyl (C=O) groups excluding carboxylic acids is 1. The molecule has 0 aliphatic carbocycles. The highest BCUT2D eigenvalue weighted by molar-refractivity contribution is 5.77. The van der Waals surface area contributed by atoms with Crippen LogP contribution in [0.2, 0.25) is 0 Å². The Labute approximate surface area is 129 Å². The van der Waals surface area contributed by atoms with Gasteiger partial charge in [-0.1, -0.05) is 27.2 Å². The molecule has 21 heavy (non-hydrogen) atoms. The Morgan fingerprint density at radius 1 is 0.952 bits per heavy atom. The fraction of sp³-hybridized carbons (Fsp3) is 0.938. The fourth-order valence-electron chi connectivity index (χ4n) is 1.64. The normalized spacial score (nSPS) is 11.0. The molecule has 0 saturated heterocycles. The van der Waals surface area contributed by atoms with Gasteiger partial charge < -0.3 is 19.5 Å². The molecule has 5 nitrogen and oxygen atoms in total. The highest BCUT2D eigenvalue weighted by atomic mass is 16.5. The van der Waals surface area contributed by atoms with Crippen LogP contribution in [-0.2, 0) is 19.0 Å². The van der Waals surface area contributed by atoms with Crippen LogP contribution in [0.25, 0.3) is 0 Å². The summed E-state index contributed by atoms with van der Waals surface area (Å²) in [4.78, 5) is 11.4. The van der Waals surface area contributed by atoms with E-state index in [-0.39, 0.29) is 12.5 Å². The van der Waals surface area contributed by atoms with Crippen LogP contribution in [0.1, 0.15) is 46.5 Å². The van der Waals surface area contributed by atoms with Gasteiger partial charge in [-0.3, -0.25) is 4.79 Å². The van der Waals surface area contributed by atoms with Crippen molar-refractivity contribution in [3.05, 3.63) is 0 Å². The quantitative estimate of drug-likeness (QED) is 0.472. The van der Waals surface area contributed by atoms with Crippen molar-refractivity contribution < 1.29 is 19.0 Å². The minimum absolute atomic E-state index is 0.0540. The largest absolute Gasteiger partial charge is 0.379 e. The summed E-state index contributed by atoms with van der Waals surface area (Å²) in [6, 6.07) is 0. The zero-order valence-electron chi connectivity index (χ0n) is 14.0. The molecule has 0 aromatic heterocycles. The third-order valence-electron chi connectivity index (χ3n) is 2.90. The number of unbranched alkanes of at least 4 members (excludes halogenated alkanes) is 1. The molecule has 0 rings (SSSR count). The molecule has 0 aliphatic heterocycles. The highest BCUT2D eigenvalue weighted by Gasteiger charge is 2.01. The van der Waals surface area contributed by atoms with Gasteiger partial charge in [0.1, 0.15) is 6.61 Å². The number of hydrogen-bond donors (Lipinski definition) is 1. The van der Waals surface area contributed by atoms with Crippen LogP contribution in [0.4, 0.5) is 0 Å². The van der Waals surface area contributed by atoms with E-state index in [0.717, 1.165) is 38.8 Å². The Kier molecular flexibility index (Phi) is 15.2. The second kappa shape index (κ2) is 15.7. The molecular formula is C16H33NO4. The molecule has 0 spiro atoms. The van der Waals surface area contributed by atoms with Crippen molar-refractivity contribution in [2.24, 2.45) is 5.92 Å². The minimum Gasteiger partial charge on any atom is -0.379 e. The van der Waals surface area contributed by atoms with E-state index >= 15 is 0 Å². The number of hydrogen-bond acceptors (Lipinski definition) is 4. The summed E-state index contributed by atoms with van der Waals surface area (Å²) in [6.07, 6.45) is 4.39. The van der Waals surface area contributed by atoms with Gasteiger partial charge in [0, 0.05) is 13.2 Å². The topological polar surface area (TPSA) is 56.8 Å². The van der Waals surface area contributed by atoms with Gasteiger partial charge in [0.25, 0.3) is 0 Å². The molecule has 0 fully saturated rings. The molecule has 0 heterocycles. The zero-order valence-corrected chi connectivity index (χ0v) is 14.0. The maximum Gasteiger partial charge on any atom is 0.245 e. The Balaban J connectivity index is 3.14. The summed E-state index contributed by atoms with van der Waals surface area (Å²) in [6.45, 7) is 10.3. The van der Waals surface area contributed by atoms with Gasteiger partial charge in [0.2, 0.25) is 5.91 Å². The van der Waals surface area contributed by atoms with E-state index in [2.05, 4.69) is 26.1 Å². The minimum atomic E-state index is -0.0540. The lowest BCUT2D eigenvalue weighted by Crippen LogP contribution is -2.29. The maximum atomic E-state index is 11.4. The Bertz CT molecular complexity index is 234. The van der Waals surface area contributed by atoms with Crippen LogP contribution < -0.4 is 5.32 Å².